The first-order valence-electron chi connectivity index (χ1n) is 11.3. The minimum absolute atomic E-state index is 0.00906. The first kappa shape index (κ1) is 27.1. The molecule has 0 radical (unpaired) electrons. The van der Waals surface area contributed by atoms with Crippen LogP contribution < -0.4 is 0 Å². The van der Waals surface area contributed by atoms with Gasteiger partial charge < -0.3 is 4.90 Å². The summed E-state index contributed by atoms with van der Waals surface area (Å²) in [4.78, 5) is 24.8. The molecule has 1 atom stereocenters. The molecule has 0 aliphatic carbocycles. The van der Waals surface area contributed by atoms with E-state index in [2.05, 4.69) is 41.5 Å². The number of carbonyl (C=O) groups is 1. The number of rotatable bonds is 1. The minimum Gasteiger partial charge on any atom is -0.339 e. The minimum atomic E-state index is -0.299. The van der Waals surface area contributed by atoms with Crippen LogP contribution in [0.2, 0.25) is 0 Å². The molecule has 0 aromatic heterocycles. The van der Waals surface area contributed by atoms with Crippen LogP contribution in [0.3, 0.4) is 0 Å². The van der Waals surface area contributed by atoms with Gasteiger partial charge in [-0.15, -0.1) is 0 Å². The molecule has 1 unspecified atom stereocenters. The highest BCUT2D eigenvalue weighted by molar-refractivity contribution is 5.82. The van der Waals surface area contributed by atoms with E-state index in [1.165, 1.54) is 0 Å². The zero-order chi connectivity index (χ0) is 24.6. The zero-order valence-corrected chi connectivity index (χ0v) is 21.8. The predicted molar refractivity (Wildman–Crippen MR) is 130 cm³/mol. The van der Waals surface area contributed by atoms with Crippen LogP contribution in [0.5, 0.6) is 0 Å². The molecule has 2 rings (SSSR count). The Hall–Kier alpha value is -1.91. The fraction of sp³-hybridized carbons (Fsp3) is 0.731. The van der Waals surface area contributed by atoms with Crippen molar-refractivity contribution in [1.29, 1.82) is 0 Å². The van der Waals surface area contributed by atoms with Crippen LogP contribution in [0.1, 0.15) is 101 Å². The molecule has 1 amide bonds. The Bertz CT molecular complexity index is 800. The van der Waals surface area contributed by atoms with Crippen LogP contribution in [0.25, 0.3) is 0 Å². The van der Waals surface area contributed by atoms with Gasteiger partial charge in [0.2, 0.25) is 5.91 Å². The van der Waals surface area contributed by atoms with Crippen molar-refractivity contribution in [3.05, 3.63) is 39.4 Å². The Morgan fingerprint density at radius 3 is 1.74 bits per heavy atom. The molecular formula is C26H44N2O3. The maximum Gasteiger partial charge on any atom is 0.273 e. The van der Waals surface area contributed by atoms with Crippen LogP contribution in [0.15, 0.2) is 18.2 Å². The molecule has 1 saturated heterocycles. The topological polar surface area (TPSA) is 63.5 Å². The molecule has 1 aromatic rings. The average molecular weight is 433 g/mol. The Morgan fingerprint density at radius 1 is 0.935 bits per heavy atom. The summed E-state index contributed by atoms with van der Waals surface area (Å²) in [6.07, 6.45) is 1.16. The number of amides is 1. The lowest BCUT2D eigenvalue weighted by molar-refractivity contribution is -0.386. The maximum atomic E-state index is 12.0. The van der Waals surface area contributed by atoms with Crippen molar-refractivity contribution >= 4 is 11.6 Å². The number of likely N-dealkylation sites (tertiary alicyclic amines) is 1. The molecule has 5 heteroatoms. The monoisotopic (exact) mass is 432 g/mol. The summed E-state index contributed by atoms with van der Waals surface area (Å²) < 4.78 is 0. The summed E-state index contributed by atoms with van der Waals surface area (Å²) >= 11 is 0. The standard InChI is InChI=1S/C14H21NO2.C12H23NO/c1-13(2,3)10-7-8-12(15(16)17)11(9-10)14(4,5)6;1-11(2,3)9-7-8-13(9)10(14)12(4,5)6/h7-9H,1-6H3;9H,7-8H2,1-6H3. The molecule has 1 fully saturated rings. The molecule has 1 aromatic carbocycles. The molecule has 31 heavy (non-hydrogen) atoms. The second-order valence-electron chi connectivity index (χ2n) is 12.9. The van der Waals surface area contributed by atoms with Crippen molar-refractivity contribution in [2.24, 2.45) is 10.8 Å². The second-order valence-corrected chi connectivity index (χ2v) is 12.9. The summed E-state index contributed by atoms with van der Waals surface area (Å²) in [6.45, 7) is 25.9. The molecule has 176 valence electrons. The molecule has 0 bridgehead atoms. The Labute approximate surface area is 189 Å². The van der Waals surface area contributed by atoms with E-state index < -0.39 is 0 Å². The van der Waals surface area contributed by atoms with Gasteiger partial charge in [0.1, 0.15) is 0 Å². The third-order valence-corrected chi connectivity index (χ3v) is 5.79. The smallest absolute Gasteiger partial charge is 0.273 e. The molecular weight excluding hydrogens is 388 g/mol. The van der Waals surface area contributed by atoms with Gasteiger partial charge in [-0.3, -0.25) is 14.9 Å². The lowest BCUT2D eigenvalue weighted by Gasteiger charge is -2.50. The molecule has 0 spiro atoms. The molecule has 1 aliphatic heterocycles. The van der Waals surface area contributed by atoms with Gasteiger partial charge in [-0.1, -0.05) is 89.2 Å². The van der Waals surface area contributed by atoms with E-state index in [1.807, 2.05) is 58.6 Å². The van der Waals surface area contributed by atoms with E-state index in [0.717, 1.165) is 24.1 Å². The average Bonchev–Trinajstić information content (AvgIpc) is 2.49. The van der Waals surface area contributed by atoms with Crippen LogP contribution in [-0.4, -0.2) is 28.3 Å². The number of nitro benzene ring substituents is 1. The van der Waals surface area contributed by atoms with Gasteiger partial charge in [0.05, 0.1) is 4.92 Å². The van der Waals surface area contributed by atoms with Crippen molar-refractivity contribution < 1.29 is 9.72 Å². The van der Waals surface area contributed by atoms with E-state index in [-0.39, 0.29) is 32.3 Å². The van der Waals surface area contributed by atoms with Crippen LogP contribution in [0, 0.1) is 20.9 Å². The Kier molecular flexibility index (Phi) is 7.80. The number of hydrogen-bond acceptors (Lipinski definition) is 3. The molecule has 0 saturated carbocycles. The van der Waals surface area contributed by atoms with Gasteiger partial charge in [-0.2, -0.15) is 0 Å². The van der Waals surface area contributed by atoms with Crippen molar-refractivity contribution in [2.75, 3.05) is 6.54 Å². The fourth-order valence-electron chi connectivity index (χ4n) is 3.72. The van der Waals surface area contributed by atoms with E-state index in [1.54, 1.807) is 6.07 Å². The van der Waals surface area contributed by atoms with Crippen molar-refractivity contribution in [3.8, 4) is 0 Å². The number of carbonyl (C=O) groups excluding carboxylic acids is 1. The van der Waals surface area contributed by atoms with E-state index in [0.29, 0.717) is 11.9 Å². The maximum absolute atomic E-state index is 12.0. The third kappa shape index (κ3) is 7.05. The van der Waals surface area contributed by atoms with Crippen molar-refractivity contribution in [1.82, 2.24) is 4.90 Å². The number of hydrogen-bond donors (Lipinski definition) is 0. The van der Waals surface area contributed by atoms with Gasteiger partial charge in [0.25, 0.3) is 5.69 Å². The summed E-state index contributed by atoms with van der Waals surface area (Å²) in [7, 11) is 0. The first-order chi connectivity index (χ1) is 13.7. The normalized spacial score (nSPS) is 17.4. The van der Waals surface area contributed by atoms with Gasteiger partial charge in [-0.25, -0.2) is 0 Å². The summed E-state index contributed by atoms with van der Waals surface area (Å²) in [5.74, 6) is 0.295. The summed E-state index contributed by atoms with van der Waals surface area (Å²) in [6, 6.07) is 5.89. The van der Waals surface area contributed by atoms with Gasteiger partial charge in [0.15, 0.2) is 0 Å². The number of nitro groups is 1. The Morgan fingerprint density at radius 2 is 1.45 bits per heavy atom. The van der Waals surface area contributed by atoms with Gasteiger partial charge in [-0.05, 0) is 34.3 Å². The van der Waals surface area contributed by atoms with Crippen molar-refractivity contribution in [2.45, 2.75) is 106 Å². The lowest BCUT2D eigenvalue weighted by atomic mass is 9.77. The number of benzene rings is 1. The van der Waals surface area contributed by atoms with Crippen LogP contribution in [-0.2, 0) is 15.6 Å². The second kappa shape index (κ2) is 8.91. The van der Waals surface area contributed by atoms with Crippen LogP contribution in [0.4, 0.5) is 5.69 Å². The largest absolute Gasteiger partial charge is 0.339 e. The molecule has 0 N–H and O–H groups in total. The summed E-state index contributed by atoms with van der Waals surface area (Å²) in [5.41, 5.74) is 1.93. The fourth-order valence-corrected chi connectivity index (χ4v) is 3.72. The highest BCUT2D eigenvalue weighted by atomic mass is 16.6. The zero-order valence-electron chi connectivity index (χ0n) is 21.8. The first-order valence-corrected chi connectivity index (χ1v) is 11.3. The van der Waals surface area contributed by atoms with Gasteiger partial charge >= 0.3 is 0 Å². The molecule has 1 aliphatic rings. The highest BCUT2D eigenvalue weighted by Gasteiger charge is 2.42. The third-order valence-electron chi connectivity index (χ3n) is 5.79. The summed E-state index contributed by atoms with van der Waals surface area (Å²) in [5, 5.41) is 11.0. The van der Waals surface area contributed by atoms with E-state index >= 15 is 0 Å². The van der Waals surface area contributed by atoms with E-state index in [9.17, 15) is 14.9 Å². The Balaban J connectivity index is 0.000000316. The lowest BCUT2D eigenvalue weighted by Crippen LogP contribution is -2.59. The highest BCUT2D eigenvalue weighted by Crippen LogP contribution is 2.37. The quantitative estimate of drug-likeness (QED) is 0.359. The van der Waals surface area contributed by atoms with Crippen LogP contribution >= 0.6 is 0 Å². The predicted octanol–water partition coefficient (Wildman–Crippen LogP) is 6.87. The number of nitrogens with zero attached hydrogens (tertiary/aromatic N) is 2. The molecule has 1 heterocycles. The van der Waals surface area contributed by atoms with E-state index in [4.69, 9.17) is 0 Å². The van der Waals surface area contributed by atoms with Gasteiger partial charge in [0, 0.05) is 29.6 Å². The van der Waals surface area contributed by atoms with Crippen molar-refractivity contribution in [3.63, 3.8) is 0 Å². The molecule has 5 nitrogen and oxygen atoms in total. The SMILES string of the molecule is CC(C)(C)C(=O)N1CCC1C(C)(C)C.CC(C)(C)c1ccc([N+](=O)[O-])c(C(C)(C)C)c1.